The maximum absolute atomic E-state index is 13.1. The number of ether oxygens (including phenoxy) is 1. The predicted octanol–water partition coefficient (Wildman–Crippen LogP) is 3.78. The van der Waals surface area contributed by atoms with Gasteiger partial charge in [-0.25, -0.2) is 9.78 Å². The lowest BCUT2D eigenvalue weighted by Crippen LogP contribution is -2.40. The summed E-state index contributed by atoms with van der Waals surface area (Å²) in [5.74, 6) is -1.38. The van der Waals surface area contributed by atoms with Crippen LogP contribution in [-0.4, -0.2) is 36.4 Å². The number of anilines is 2. The molecule has 0 spiro atoms. The summed E-state index contributed by atoms with van der Waals surface area (Å²) in [4.78, 5) is 42.4. The van der Waals surface area contributed by atoms with Crippen molar-refractivity contribution in [2.75, 3.05) is 23.9 Å². The molecule has 4 rings (SSSR count). The summed E-state index contributed by atoms with van der Waals surface area (Å²) in [6.07, 6.45) is 7.41. The van der Waals surface area contributed by atoms with Crippen molar-refractivity contribution in [1.29, 1.82) is 0 Å². The summed E-state index contributed by atoms with van der Waals surface area (Å²) >= 11 is 1.25. The fraction of sp³-hybridized carbons (Fsp3) is 0.455. The number of benzene rings is 1. The van der Waals surface area contributed by atoms with E-state index in [1.54, 1.807) is 0 Å². The average Bonchev–Trinajstić information content (AvgIpc) is 3.26. The van der Waals surface area contributed by atoms with Gasteiger partial charge in [0.25, 0.3) is 0 Å². The number of esters is 1. The number of methoxy groups -OCH3 is 1. The molecule has 30 heavy (non-hydrogen) atoms. The topological polar surface area (TPSA) is 88.6 Å². The van der Waals surface area contributed by atoms with Gasteiger partial charge in [-0.15, -0.1) is 11.3 Å². The number of nitrogens with one attached hydrogen (secondary N) is 1. The van der Waals surface area contributed by atoms with E-state index in [-0.39, 0.29) is 11.8 Å². The number of fused-ring (bicyclic) bond motifs is 1. The van der Waals surface area contributed by atoms with Crippen molar-refractivity contribution in [3.8, 4) is 11.3 Å². The van der Waals surface area contributed by atoms with Gasteiger partial charge in [-0.2, -0.15) is 0 Å². The number of nitrogens with zero attached hydrogens (tertiary/aromatic N) is 2. The molecule has 1 aliphatic heterocycles. The third-order valence-electron chi connectivity index (χ3n) is 5.81. The zero-order valence-electron chi connectivity index (χ0n) is 17.0. The number of hydrogen-bond donors (Lipinski definition) is 1. The smallest absolute Gasteiger partial charge is 0.396 e. The van der Waals surface area contributed by atoms with Gasteiger partial charge in [-0.3, -0.25) is 14.9 Å². The van der Waals surface area contributed by atoms with Crippen molar-refractivity contribution in [2.24, 2.45) is 5.92 Å². The molecule has 7 nitrogen and oxygen atoms in total. The highest BCUT2D eigenvalue weighted by Crippen LogP contribution is 2.35. The van der Waals surface area contributed by atoms with E-state index >= 15 is 0 Å². The minimum Gasteiger partial charge on any atom is -0.462 e. The van der Waals surface area contributed by atoms with Gasteiger partial charge in [0.05, 0.1) is 12.8 Å². The van der Waals surface area contributed by atoms with Crippen molar-refractivity contribution in [1.82, 2.24) is 4.98 Å². The summed E-state index contributed by atoms with van der Waals surface area (Å²) in [7, 11) is 1.16. The van der Waals surface area contributed by atoms with Gasteiger partial charge in [0, 0.05) is 29.1 Å². The number of rotatable bonds is 3. The standard InChI is InChI=1S/C22H25N3O4S/c1-29-21(28)19(26)24-22-23-17(13-30-22)15-9-10-18-16(12-15)8-5-11-25(18)20(27)14-6-3-2-4-7-14/h9-10,12-14H,2-8,11H2,1H3,(H,23,24,26). The number of carbonyl (C=O) groups excluding carboxylic acids is 3. The van der Waals surface area contributed by atoms with Crippen LogP contribution in [0.1, 0.15) is 44.1 Å². The highest BCUT2D eigenvalue weighted by atomic mass is 32.1. The molecular weight excluding hydrogens is 402 g/mol. The molecule has 1 N–H and O–H groups in total. The maximum Gasteiger partial charge on any atom is 0.396 e. The quantitative estimate of drug-likeness (QED) is 0.595. The zero-order chi connectivity index (χ0) is 21.1. The first-order valence-electron chi connectivity index (χ1n) is 10.4. The number of amides is 2. The average molecular weight is 428 g/mol. The van der Waals surface area contributed by atoms with Crippen molar-refractivity contribution in [3.63, 3.8) is 0 Å². The van der Waals surface area contributed by atoms with Gasteiger partial charge in [-0.1, -0.05) is 25.3 Å². The van der Waals surface area contributed by atoms with Gasteiger partial charge in [0.15, 0.2) is 5.13 Å². The highest BCUT2D eigenvalue weighted by Gasteiger charge is 2.29. The molecule has 2 aliphatic rings. The van der Waals surface area contributed by atoms with Gasteiger partial charge < -0.3 is 9.64 Å². The lowest BCUT2D eigenvalue weighted by atomic mass is 9.87. The van der Waals surface area contributed by atoms with Crippen molar-refractivity contribution >= 4 is 39.9 Å². The first-order chi connectivity index (χ1) is 14.6. The SMILES string of the molecule is COC(=O)C(=O)Nc1nc(-c2ccc3c(c2)CCCN3C(=O)C2CCCCC2)cs1. The van der Waals surface area contributed by atoms with E-state index in [0.717, 1.165) is 74.7 Å². The molecule has 1 aromatic carbocycles. The molecule has 0 bridgehead atoms. The minimum absolute atomic E-state index is 0.156. The Balaban J connectivity index is 1.52. The first-order valence-corrected chi connectivity index (χ1v) is 11.2. The van der Waals surface area contributed by atoms with Crippen LogP contribution in [0.2, 0.25) is 0 Å². The Labute approximate surface area is 179 Å². The van der Waals surface area contributed by atoms with Crippen LogP contribution in [-0.2, 0) is 25.5 Å². The summed E-state index contributed by atoms with van der Waals surface area (Å²) in [6.45, 7) is 0.780. The Hall–Kier alpha value is -2.74. The Kier molecular flexibility index (Phi) is 6.13. The molecule has 2 aromatic rings. The molecule has 0 atom stereocenters. The summed E-state index contributed by atoms with van der Waals surface area (Å²) in [6, 6.07) is 6.06. The maximum atomic E-state index is 13.1. The highest BCUT2D eigenvalue weighted by molar-refractivity contribution is 7.14. The number of aryl methyl sites for hydroxylation is 1. The summed E-state index contributed by atoms with van der Waals surface area (Å²) < 4.78 is 4.40. The van der Waals surface area contributed by atoms with Crippen molar-refractivity contribution in [2.45, 2.75) is 44.9 Å². The van der Waals surface area contributed by atoms with Crippen LogP contribution in [0.3, 0.4) is 0 Å². The van der Waals surface area contributed by atoms with E-state index in [1.807, 2.05) is 22.4 Å². The Morgan fingerprint density at radius 2 is 1.97 bits per heavy atom. The Morgan fingerprint density at radius 1 is 1.17 bits per heavy atom. The lowest BCUT2D eigenvalue weighted by Gasteiger charge is -2.33. The van der Waals surface area contributed by atoms with E-state index in [9.17, 15) is 14.4 Å². The molecule has 0 saturated heterocycles. The molecule has 0 unspecified atom stereocenters. The molecule has 8 heteroatoms. The number of thiazole rings is 1. The van der Waals surface area contributed by atoms with Crippen LogP contribution >= 0.6 is 11.3 Å². The molecule has 158 valence electrons. The van der Waals surface area contributed by atoms with Crippen molar-refractivity contribution < 1.29 is 19.1 Å². The van der Waals surface area contributed by atoms with E-state index < -0.39 is 11.9 Å². The second-order valence-corrected chi connectivity index (χ2v) is 8.61. The first kappa shape index (κ1) is 20.5. The fourth-order valence-corrected chi connectivity index (χ4v) is 4.97. The monoisotopic (exact) mass is 427 g/mol. The second-order valence-electron chi connectivity index (χ2n) is 7.76. The molecule has 2 heterocycles. The van der Waals surface area contributed by atoms with Gasteiger partial charge in [0.2, 0.25) is 5.91 Å². The molecule has 1 saturated carbocycles. The minimum atomic E-state index is -0.955. The van der Waals surface area contributed by atoms with Gasteiger partial charge in [0.1, 0.15) is 0 Å². The molecule has 2 amide bonds. The molecular formula is C22H25N3O4S. The van der Waals surface area contributed by atoms with Gasteiger partial charge in [-0.05, 0) is 43.4 Å². The van der Waals surface area contributed by atoms with Gasteiger partial charge >= 0.3 is 11.9 Å². The molecule has 0 radical (unpaired) electrons. The summed E-state index contributed by atoms with van der Waals surface area (Å²) in [5, 5.41) is 4.62. The van der Waals surface area contributed by atoms with Crippen LogP contribution in [0.15, 0.2) is 23.6 Å². The zero-order valence-corrected chi connectivity index (χ0v) is 17.8. The van der Waals surface area contributed by atoms with Crippen molar-refractivity contribution in [3.05, 3.63) is 29.1 Å². The second kappa shape index (κ2) is 8.95. The molecule has 1 fully saturated rings. The predicted molar refractivity (Wildman–Crippen MR) is 115 cm³/mol. The van der Waals surface area contributed by atoms with E-state index in [1.165, 1.54) is 17.8 Å². The van der Waals surface area contributed by atoms with Crippen LogP contribution < -0.4 is 10.2 Å². The van der Waals surface area contributed by atoms with E-state index in [2.05, 4.69) is 21.1 Å². The molecule has 1 aromatic heterocycles. The fourth-order valence-electron chi connectivity index (χ4n) is 4.26. The third kappa shape index (κ3) is 4.23. The Bertz CT molecular complexity index is 965. The van der Waals surface area contributed by atoms with Crippen LogP contribution in [0.5, 0.6) is 0 Å². The van der Waals surface area contributed by atoms with E-state index in [0.29, 0.717) is 5.13 Å². The van der Waals surface area contributed by atoms with Crippen LogP contribution in [0, 0.1) is 5.92 Å². The number of aromatic nitrogens is 1. The van der Waals surface area contributed by atoms with Crippen LogP contribution in [0.25, 0.3) is 11.3 Å². The molecule has 1 aliphatic carbocycles. The Morgan fingerprint density at radius 3 is 2.73 bits per heavy atom. The van der Waals surface area contributed by atoms with E-state index in [4.69, 9.17) is 0 Å². The summed E-state index contributed by atoms with van der Waals surface area (Å²) in [5.41, 5.74) is 3.81. The van der Waals surface area contributed by atoms with Crippen LogP contribution in [0.4, 0.5) is 10.8 Å². The third-order valence-corrected chi connectivity index (χ3v) is 6.57. The number of hydrogen-bond acceptors (Lipinski definition) is 6. The lowest BCUT2D eigenvalue weighted by molar-refractivity contribution is -0.150. The number of carbonyl (C=O) groups is 3. The largest absolute Gasteiger partial charge is 0.462 e. The normalized spacial score (nSPS) is 16.6.